The van der Waals surface area contributed by atoms with Crippen molar-refractivity contribution in [3.05, 3.63) is 42.4 Å². The molecule has 1 aliphatic rings. The maximum Gasteiger partial charge on any atom is 0.231 e. The van der Waals surface area contributed by atoms with Gasteiger partial charge in [0.15, 0.2) is 0 Å². The van der Waals surface area contributed by atoms with Crippen molar-refractivity contribution in [1.82, 2.24) is 24.7 Å². The van der Waals surface area contributed by atoms with Crippen LogP contribution in [0.15, 0.2) is 36.8 Å². The van der Waals surface area contributed by atoms with E-state index in [2.05, 4.69) is 31.8 Å². The summed E-state index contributed by atoms with van der Waals surface area (Å²) < 4.78 is 12.8. The number of H-pyrrole nitrogens is 1. The van der Waals surface area contributed by atoms with Gasteiger partial charge in [0.25, 0.3) is 0 Å². The molecule has 1 fully saturated rings. The fourth-order valence-corrected chi connectivity index (χ4v) is 3.98. The minimum atomic E-state index is 0.222. The van der Waals surface area contributed by atoms with Crippen molar-refractivity contribution >= 4 is 28.5 Å². The molecule has 0 radical (unpaired) electrons. The van der Waals surface area contributed by atoms with Crippen LogP contribution in [0.1, 0.15) is 18.4 Å². The predicted molar refractivity (Wildman–Crippen MR) is 125 cm³/mol. The molecule has 1 aromatic carbocycles. The summed E-state index contributed by atoms with van der Waals surface area (Å²) in [6, 6.07) is 8.30. The second-order valence-electron chi connectivity index (χ2n) is 7.91. The second kappa shape index (κ2) is 8.80. The first kappa shape index (κ1) is 20.8. The standard InChI is InChI=1S/C23H24N8O2/c1-31-13-16(12-26-31)14-3-4-18(19(9-14)32-2)28-23-29-21-20(15(10-24)11-25-21)22(30-23)27-17-5-7-33-8-6-17/h3-4,9,11-13,17H,5-8H2,1-2H3,(H3,25,27,28,29,30). The first-order chi connectivity index (χ1) is 16.1. The molecule has 3 aromatic heterocycles. The molecule has 0 spiro atoms. The third-order valence-corrected chi connectivity index (χ3v) is 5.70. The minimum absolute atomic E-state index is 0.222. The van der Waals surface area contributed by atoms with Gasteiger partial charge in [0, 0.05) is 44.3 Å². The summed E-state index contributed by atoms with van der Waals surface area (Å²) >= 11 is 0. The van der Waals surface area contributed by atoms with Crippen LogP contribution in [0.4, 0.5) is 17.5 Å². The molecule has 0 atom stereocenters. The van der Waals surface area contributed by atoms with Crippen LogP contribution in [-0.4, -0.2) is 51.1 Å². The summed E-state index contributed by atoms with van der Waals surface area (Å²) in [4.78, 5) is 12.4. The number of aromatic nitrogens is 5. The number of rotatable bonds is 6. The highest BCUT2D eigenvalue weighted by Gasteiger charge is 2.20. The number of aromatic amines is 1. The Morgan fingerprint density at radius 1 is 1.24 bits per heavy atom. The molecule has 10 nitrogen and oxygen atoms in total. The van der Waals surface area contributed by atoms with Crippen molar-refractivity contribution in [1.29, 1.82) is 5.26 Å². The van der Waals surface area contributed by atoms with Gasteiger partial charge in [0.05, 0.1) is 29.9 Å². The number of fused-ring (bicyclic) bond motifs is 1. The lowest BCUT2D eigenvalue weighted by Gasteiger charge is -2.24. The Hall–Kier alpha value is -4.10. The van der Waals surface area contributed by atoms with E-state index in [4.69, 9.17) is 14.5 Å². The first-order valence-corrected chi connectivity index (χ1v) is 10.7. The molecule has 33 heavy (non-hydrogen) atoms. The summed E-state index contributed by atoms with van der Waals surface area (Å²) in [5.41, 5.74) is 3.81. The molecule has 5 rings (SSSR count). The van der Waals surface area contributed by atoms with Gasteiger partial charge in [-0.3, -0.25) is 4.68 Å². The Bertz CT molecular complexity index is 1330. The monoisotopic (exact) mass is 444 g/mol. The number of anilines is 3. The lowest BCUT2D eigenvalue weighted by Crippen LogP contribution is -2.28. The molecule has 0 aliphatic carbocycles. The molecule has 0 unspecified atom stereocenters. The van der Waals surface area contributed by atoms with E-state index in [0.717, 1.165) is 29.7 Å². The zero-order valence-electron chi connectivity index (χ0n) is 18.4. The highest BCUT2D eigenvalue weighted by Crippen LogP contribution is 2.33. The third kappa shape index (κ3) is 4.18. The molecule has 168 valence electrons. The van der Waals surface area contributed by atoms with E-state index in [1.165, 1.54) is 0 Å². The average Bonchev–Trinajstić information content (AvgIpc) is 3.46. The van der Waals surface area contributed by atoms with E-state index in [1.807, 2.05) is 37.6 Å². The van der Waals surface area contributed by atoms with Gasteiger partial charge in [0.1, 0.15) is 23.3 Å². The zero-order valence-corrected chi connectivity index (χ0v) is 18.4. The van der Waals surface area contributed by atoms with Crippen LogP contribution < -0.4 is 15.4 Å². The van der Waals surface area contributed by atoms with E-state index >= 15 is 0 Å². The predicted octanol–water partition coefficient (Wildman–Crippen LogP) is 3.57. The van der Waals surface area contributed by atoms with Crippen LogP contribution in [0.2, 0.25) is 0 Å². The van der Waals surface area contributed by atoms with Gasteiger partial charge in [-0.05, 0) is 30.5 Å². The molecular formula is C23H24N8O2. The van der Waals surface area contributed by atoms with Gasteiger partial charge in [-0.25, -0.2) is 0 Å². The number of hydrogen-bond acceptors (Lipinski definition) is 8. The Labute approximate surface area is 190 Å². The Morgan fingerprint density at radius 2 is 2.09 bits per heavy atom. The lowest BCUT2D eigenvalue weighted by molar-refractivity contribution is 0.0904. The second-order valence-corrected chi connectivity index (χ2v) is 7.91. The minimum Gasteiger partial charge on any atom is -0.495 e. The number of aryl methyl sites for hydroxylation is 1. The van der Waals surface area contributed by atoms with Crippen LogP contribution in [0.25, 0.3) is 22.2 Å². The van der Waals surface area contributed by atoms with E-state index in [0.29, 0.717) is 47.3 Å². The van der Waals surface area contributed by atoms with Crippen LogP contribution in [-0.2, 0) is 11.8 Å². The van der Waals surface area contributed by atoms with Crippen LogP contribution in [0, 0.1) is 11.3 Å². The summed E-state index contributed by atoms with van der Waals surface area (Å²) in [7, 11) is 3.51. The van der Waals surface area contributed by atoms with Gasteiger partial charge in [-0.2, -0.15) is 20.3 Å². The normalized spacial score (nSPS) is 14.2. The molecular weight excluding hydrogens is 420 g/mol. The molecule has 3 N–H and O–H groups in total. The summed E-state index contributed by atoms with van der Waals surface area (Å²) in [6.45, 7) is 1.41. The number of benzene rings is 1. The smallest absolute Gasteiger partial charge is 0.231 e. The maximum atomic E-state index is 9.54. The molecule has 4 aromatic rings. The van der Waals surface area contributed by atoms with Crippen LogP contribution in [0.5, 0.6) is 5.75 Å². The fraction of sp³-hybridized carbons (Fsp3) is 0.304. The SMILES string of the molecule is COc1cc(-c2cnn(C)c2)ccc1Nc1nc(NC2CCOCC2)c2c(C#N)c[nH]c2n1. The number of nitriles is 1. The number of ether oxygens (including phenoxy) is 2. The number of nitrogens with one attached hydrogen (secondary N) is 3. The zero-order chi connectivity index (χ0) is 22.8. The molecule has 0 amide bonds. The van der Waals surface area contributed by atoms with Crippen molar-refractivity contribution in [2.24, 2.45) is 7.05 Å². The van der Waals surface area contributed by atoms with Crippen molar-refractivity contribution in [2.45, 2.75) is 18.9 Å². The number of methoxy groups -OCH3 is 1. The van der Waals surface area contributed by atoms with Gasteiger partial charge in [-0.15, -0.1) is 0 Å². The number of nitrogens with zero attached hydrogens (tertiary/aromatic N) is 5. The van der Waals surface area contributed by atoms with Crippen molar-refractivity contribution in [3.63, 3.8) is 0 Å². The Morgan fingerprint density at radius 3 is 2.82 bits per heavy atom. The van der Waals surface area contributed by atoms with Gasteiger partial charge in [-0.1, -0.05) is 6.07 Å². The molecule has 4 heterocycles. The lowest BCUT2D eigenvalue weighted by atomic mass is 10.1. The van der Waals surface area contributed by atoms with Crippen molar-refractivity contribution in [3.8, 4) is 22.9 Å². The van der Waals surface area contributed by atoms with Gasteiger partial charge < -0.3 is 25.1 Å². The van der Waals surface area contributed by atoms with Crippen molar-refractivity contribution in [2.75, 3.05) is 31.0 Å². The maximum absolute atomic E-state index is 9.54. The third-order valence-electron chi connectivity index (χ3n) is 5.70. The van der Waals surface area contributed by atoms with E-state index in [-0.39, 0.29) is 6.04 Å². The quantitative estimate of drug-likeness (QED) is 0.412. The topological polar surface area (TPSA) is 126 Å². The summed E-state index contributed by atoms with van der Waals surface area (Å²) in [5.74, 6) is 1.68. The summed E-state index contributed by atoms with van der Waals surface area (Å²) in [5, 5.41) is 21.2. The van der Waals surface area contributed by atoms with Gasteiger partial charge >= 0.3 is 0 Å². The molecule has 1 saturated heterocycles. The Kier molecular flexibility index (Phi) is 5.54. The van der Waals surface area contributed by atoms with Crippen LogP contribution >= 0.6 is 0 Å². The molecule has 10 heteroatoms. The highest BCUT2D eigenvalue weighted by molar-refractivity contribution is 5.93. The largest absolute Gasteiger partial charge is 0.495 e. The number of hydrogen-bond donors (Lipinski definition) is 3. The van der Waals surface area contributed by atoms with E-state index in [9.17, 15) is 5.26 Å². The first-order valence-electron chi connectivity index (χ1n) is 10.7. The van der Waals surface area contributed by atoms with Gasteiger partial charge in [0.2, 0.25) is 5.95 Å². The van der Waals surface area contributed by atoms with Crippen LogP contribution in [0.3, 0.4) is 0 Å². The molecule has 1 aliphatic heterocycles. The van der Waals surface area contributed by atoms with E-state index in [1.54, 1.807) is 18.0 Å². The highest BCUT2D eigenvalue weighted by atomic mass is 16.5. The summed E-state index contributed by atoms with van der Waals surface area (Å²) in [6.07, 6.45) is 7.17. The molecule has 0 bridgehead atoms. The molecule has 0 saturated carbocycles. The van der Waals surface area contributed by atoms with Crippen molar-refractivity contribution < 1.29 is 9.47 Å². The Balaban J connectivity index is 1.49. The average molecular weight is 444 g/mol. The fourth-order valence-electron chi connectivity index (χ4n) is 3.98. The van der Waals surface area contributed by atoms with E-state index < -0.39 is 0 Å².